The summed E-state index contributed by atoms with van der Waals surface area (Å²) in [4.78, 5) is 2.66. The molecule has 3 nitrogen and oxygen atoms in total. The Balaban J connectivity index is 1.88. The van der Waals surface area contributed by atoms with Crippen LogP contribution >= 0.6 is 0 Å². The average Bonchev–Trinajstić information content (AvgIpc) is 3.23. The van der Waals surface area contributed by atoms with Gasteiger partial charge in [-0.15, -0.1) is 0 Å². The highest BCUT2D eigenvalue weighted by Crippen LogP contribution is 2.35. The Kier molecular flexibility index (Phi) is 4.86. The fourth-order valence-corrected chi connectivity index (χ4v) is 2.97. The van der Waals surface area contributed by atoms with Gasteiger partial charge < -0.3 is 4.90 Å². The van der Waals surface area contributed by atoms with Crippen molar-refractivity contribution in [3.63, 3.8) is 0 Å². The molecule has 0 aromatic heterocycles. The Morgan fingerprint density at radius 3 is 2.16 bits per heavy atom. The van der Waals surface area contributed by atoms with E-state index in [2.05, 4.69) is 30.1 Å². The summed E-state index contributed by atoms with van der Waals surface area (Å²) in [5.41, 5.74) is -0.375. The van der Waals surface area contributed by atoms with Gasteiger partial charge in [0, 0.05) is 19.1 Å². The molecule has 0 spiro atoms. The van der Waals surface area contributed by atoms with Crippen LogP contribution < -0.4 is 5.32 Å². The molecule has 0 radical (unpaired) electrons. The van der Waals surface area contributed by atoms with Crippen molar-refractivity contribution in [3.8, 4) is 6.07 Å². The Morgan fingerprint density at radius 2 is 1.79 bits per heavy atom. The van der Waals surface area contributed by atoms with Crippen LogP contribution in [-0.2, 0) is 0 Å². The molecule has 2 aliphatic rings. The van der Waals surface area contributed by atoms with Crippen molar-refractivity contribution in [3.05, 3.63) is 0 Å². The van der Waals surface area contributed by atoms with E-state index in [1.54, 1.807) is 0 Å². The standard InChI is InChI=1S/C16H29N3/c1-4-18-16(3,12-17)9-13(2)19(10-14-5-6-14)11-15-7-8-15/h13-15,18H,4-11H2,1-3H3. The Bertz CT molecular complexity index is 313. The van der Waals surface area contributed by atoms with E-state index < -0.39 is 0 Å². The predicted octanol–water partition coefficient (Wildman–Crippen LogP) is 2.78. The van der Waals surface area contributed by atoms with Crippen LogP contribution in [-0.4, -0.2) is 36.1 Å². The van der Waals surface area contributed by atoms with Crippen molar-refractivity contribution in [1.82, 2.24) is 10.2 Å². The van der Waals surface area contributed by atoms with Crippen LogP contribution in [0.3, 0.4) is 0 Å². The van der Waals surface area contributed by atoms with Gasteiger partial charge in [-0.1, -0.05) is 6.92 Å². The summed E-state index contributed by atoms with van der Waals surface area (Å²) < 4.78 is 0. The van der Waals surface area contributed by atoms with E-state index in [0.717, 1.165) is 24.8 Å². The van der Waals surface area contributed by atoms with E-state index >= 15 is 0 Å². The maximum atomic E-state index is 9.40. The van der Waals surface area contributed by atoms with Gasteiger partial charge in [0.1, 0.15) is 5.54 Å². The van der Waals surface area contributed by atoms with E-state index in [1.165, 1.54) is 38.8 Å². The molecule has 0 aliphatic heterocycles. The number of rotatable bonds is 9. The third kappa shape index (κ3) is 4.78. The van der Waals surface area contributed by atoms with E-state index in [4.69, 9.17) is 0 Å². The third-order valence-corrected chi connectivity index (χ3v) is 4.52. The van der Waals surface area contributed by atoms with Gasteiger partial charge in [0.25, 0.3) is 0 Å². The first-order valence-electron chi connectivity index (χ1n) is 7.96. The summed E-state index contributed by atoms with van der Waals surface area (Å²) in [6, 6.07) is 2.97. The second-order valence-electron chi connectivity index (χ2n) is 6.87. The summed E-state index contributed by atoms with van der Waals surface area (Å²) in [7, 11) is 0. The molecule has 2 aliphatic carbocycles. The molecule has 0 amide bonds. The molecule has 2 fully saturated rings. The number of nitrogens with zero attached hydrogens (tertiary/aromatic N) is 2. The lowest BCUT2D eigenvalue weighted by atomic mass is 9.94. The minimum atomic E-state index is -0.375. The lowest BCUT2D eigenvalue weighted by Crippen LogP contribution is -2.48. The van der Waals surface area contributed by atoms with Crippen LogP contribution in [0.2, 0.25) is 0 Å². The highest BCUT2D eigenvalue weighted by Gasteiger charge is 2.34. The number of nitriles is 1. The first kappa shape index (κ1) is 14.8. The number of hydrogen-bond acceptors (Lipinski definition) is 3. The van der Waals surface area contributed by atoms with Crippen molar-refractivity contribution in [2.45, 2.75) is 64.5 Å². The SMILES string of the molecule is CCNC(C)(C#N)CC(C)N(CC1CC1)CC1CC1. The summed E-state index contributed by atoms with van der Waals surface area (Å²) in [6.07, 6.45) is 6.58. The highest BCUT2D eigenvalue weighted by atomic mass is 15.2. The fraction of sp³-hybridized carbons (Fsp3) is 0.938. The molecule has 108 valence electrons. The first-order valence-corrected chi connectivity index (χ1v) is 7.96. The zero-order chi connectivity index (χ0) is 13.9. The van der Waals surface area contributed by atoms with E-state index in [-0.39, 0.29) is 5.54 Å². The molecular formula is C16H29N3. The number of hydrogen-bond donors (Lipinski definition) is 1. The zero-order valence-corrected chi connectivity index (χ0v) is 12.8. The predicted molar refractivity (Wildman–Crippen MR) is 78.8 cm³/mol. The van der Waals surface area contributed by atoms with Crippen molar-refractivity contribution >= 4 is 0 Å². The zero-order valence-electron chi connectivity index (χ0n) is 12.8. The van der Waals surface area contributed by atoms with Gasteiger partial charge in [0.2, 0.25) is 0 Å². The van der Waals surface area contributed by atoms with Crippen LogP contribution in [0.15, 0.2) is 0 Å². The van der Waals surface area contributed by atoms with Gasteiger partial charge in [-0.3, -0.25) is 5.32 Å². The molecule has 2 unspecified atom stereocenters. The smallest absolute Gasteiger partial charge is 0.105 e. The molecular weight excluding hydrogens is 234 g/mol. The Labute approximate surface area is 118 Å². The topological polar surface area (TPSA) is 39.1 Å². The lowest BCUT2D eigenvalue weighted by Gasteiger charge is -2.34. The maximum Gasteiger partial charge on any atom is 0.105 e. The van der Waals surface area contributed by atoms with Gasteiger partial charge >= 0.3 is 0 Å². The maximum absolute atomic E-state index is 9.40. The summed E-state index contributed by atoms with van der Waals surface area (Å²) in [5.74, 6) is 1.88. The fourth-order valence-electron chi connectivity index (χ4n) is 2.97. The van der Waals surface area contributed by atoms with E-state index in [0.29, 0.717) is 6.04 Å². The highest BCUT2D eigenvalue weighted by molar-refractivity contribution is 5.05. The van der Waals surface area contributed by atoms with Gasteiger partial charge in [-0.05, 0) is 64.3 Å². The summed E-state index contributed by atoms with van der Waals surface area (Å²) >= 11 is 0. The van der Waals surface area contributed by atoms with Crippen LogP contribution in [0.25, 0.3) is 0 Å². The van der Waals surface area contributed by atoms with Crippen LogP contribution in [0, 0.1) is 23.2 Å². The van der Waals surface area contributed by atoms with Crippen molar-refractivity contribution < 1.29 is 0 Å². The van der Waals surface area contributed by atoms with Crippen LogP contribution in [0.1, 0.15) is 52.9 Å². The first-order chi connectivity index (χ1) is 9.06. The van der Waals surface area contributed by atoms with Crippen molar-refractivity contribution in [2.75, 3.05) is 19.6 Å². The molecule has 0 aromatic carbocycles. The second kappa shape index (κ2) is 6.24. The van der Waals surface area contributed by atoms with E-state index in [1.807, 2.05) is 6.92 Å². The minimum Gasteiger partial charge on any atom is -0.300 e. The molecule has 1 N–H and O–H groups in total. The van der Waals surface area contributed by atoms with Gasteiger partial charge in [0.15, 0.2) is 0 Å². The molecule has 19 heavy (non-hydrogen) atoms. The molecule has 2 atom stereocenters. The minimum absolute atomic E-state index is 0.375. The van der Waals surface area contributed by atoms with Gasteiger partial charge in [-0.25, -0.2) is 0 Å². The number of nitrogens with one attached hydrogen (secondary N) is 1. The summed E-state index contributed by atoms with van der Waals surface area (Å²) in [6.45, 7) is 9.79. The quantitative estimate of drug-likeness (QED) is 0.695. The van der Waals surface area contributed by atoms with Crippen molar-refractivity contribution in [2.24, 2.45) is 11.8 Å². The Morgan fingerprint density at radius 1 is 1.26 bits per heavy atom. The molecule has 0 saturated heterocycles. The average molecular weight is 263 g/mol. The van der Waals surface area contributed by atoms with Crippen LogP contribution in [0.5, 0.6) is 0 Å². The second-order valence-corrected chi connectivity index (χ2v) is 6.87. The monoisotopic (exact) mass is 263 g/mol. The Hall–Kier alpha value is -0.590. The molecule has 0 heterocycles. The molecule has 0 aromatic rings. The van der Waals surface area contributed by atoms with Gasteiger partial charge in [-0.2, -0.15) is 5.26 Å². The largest absolute Gasteiger partial charge is 0.300 e. The molecule has 0 bridgehead atoms. The lowest BCUT2D eigenvalue weighted by molar-refractivity contribution is 0.163. The van der Waals surface area contributed by atoms with Crippen LogP contribution in [0.4, 0.5) is 0 Å². The molecule has 3 heteroatoms. The molecule has 2 rings (SSSR count). The summed E-state index contributed by atoms with van der Waals surface area (Å²) in [5, 5.41) is 12.7. The normalized spacial score (nSPS) is 23.9. The van der Waals surface area contributed by atoms with Gasteiger partial charge in [0.05, 0.1) is 6.07 Å². The van der Waals surface area contributed by atoms with E-state index in [9.17, 15) is 5.26 Å². The third-order valence-electron chi connectivity index (χ3n) is 4.52. The van der Waals surface area contributed by atoms with Crippen molar-refractivity contribution in [1.29, 1.82) is 5.26 Å². The molecule has 2 saturated carbocycles.